The van der Waals surface area contributed by atoms with Gasteiger partial charge in [0.25, 0.3) is 10.0 Å². The van der Waals surface area contributed by atoms with E-state index in [4.69, 9.17) is 14.5 Å². The van der Waals surface area contributed by atoms with E-state index in [-0.39, 0.29) is 30.0 Å². The number of sulfonamides is 1. The molecule has 2 aliphatic heterocycles. The zero-order chi connectivity index (χ0) is 19.3. The SMILES string of the molecule is Cc1oncc1S(=O)(=O)NC(=N)C1CCC2CN1C(=O)N2OS(=O)(=O)O. The Kier molecular flexibility index (Phi) is 4.41. The first kappa shape index (κ1) is 18.6. The summed E-state index contributed by atoms with van der Waals surface area (Å²) in [6.45, 7) is 1.42. The van der Waals surface area contributed by atoms with Gasteiger partial charge in [-0.3, -0.25) is 14.7 Å². The molecule has 3 N–H and O–H groups in total. The Balaban J connectivity index is 1.76. The zero-order valence-electron chi connectivity index (χ0n) is 13.3. The van der Waals surface area contributed by atoms with Gasteiger partial charge >= 0.3 is 16.4 Å². The maximum absolute atomic E-state index is 12.3. The molecule has 26 heavy (non-hydrogen) atoms. The molecule has 144 valence electrons. The lowest BCUT2D eigenvalue weighted by Crippen LogP contribution is -2.50. The molecule has 2 atom stereocenters. The maximum Gasteiger partial charge on any atom is 0.418 e. The van der Waals surface area contributed by atoms with Crippen LogP contribution in [0.2, 0.25) is 0 Å². The van der Waals surface area contributed by atoms with Crippen LogP contribution < -0.4 is 4.72 Å². The summed E-state index contributed by atoms with van der Waals surface area (Å²) in [6.07, 6.45) is 1.44. The summed E-state index contributed by atoms with van der Waals surface area (Å²) >= 11 is 0. The molecule has 1 aromatic heterocycles. The molecule has 2 fully saturated rings. The number of hydroxylamine groups is 2. The van der Waals surface area contributed by atoms with Gasteiger partial charge < -0.3 is 9.42 Å². The van der Waals surface area contributed by atoms with Gasteiger partial charge in [-0.25, -0.2) is 13.2 Å². The zero-order valence-corrected chi connectivity index (χ0v) is 14.9. The minimum absolute atomic E-state index is 0.0232. The van der Waals surface area contributed by atoms with Gasteiger partial charge in [-0.1, -0.05) is 5.16 Å². The quantitative estimate of drug-likeness (QED) is 0.319. The van der Waals surface area contributed by atoms with Gasteiger partial charge in [-0.05, 0) is 19.8 Å². The van der Waals surface area contributed by atoms with Gasteiger partial charge in [-0.2, -0.15) is 13.5 Å². The minimum atomic E-state index is -4.88. The van der Waals surface area contributed by atoms with Crippen LogP contribution in [0.1, 0.15) is 18.6 Å². The van der Waals surface area contributed by atoms with Crippen molar-refractivity contribution in [3.8, 4) is 0 Å². The van der Waals surface area contributed by atoms with Crippen molar-refractivity contribution < 1.29 is 35.0 Å². The number of aryl methyl sites for hydroxylation is 1. The predicted octanol–water partition coefficient (Wildman–Crippen LogP) is -0.758. The summed E-state index contributed by atoms with van der Waals surface area (Å²) in [7, 11) is -9.01. The van der Waals surface area contributed by atoms with Crippen LogP contribution in [-0.4, -0.2) is 67.0 Å². The molecule has 0 aromatic carbocycles. The first-order valence-corrected chi connectivity index (χ1v) is 10.1. The third kappa shape index (κ3) is 3.37. The number of urea groups is 1. The maximum atomic E-state index is 12.3. The molecule has 1 aromatic rings. The number of fused-ring (bicyclic) bond motifs is 2. The lowest BCUT2D eigenvalue weighted by molar-refractivity contribution is -0.0316. The fourth-order valence-electron chi connectivity index (χ4n) is 2.95. The standard InChI is InChI=1S/C11H15N5O8S2/c1-6-9(4-13-23-6)25(18,19)14-10(12)8-3-2-7-5-15(8)11(17)16(7)24-26(20,21)22/h4,7-8H,2-3,5H2,1H3,(H2,12,14)(H,20,21,22). The van der Waals surface area contributed by atoms with Gasteiger partial charge in [0.2, 0.25) is 0 Å². The predicted molar refractivity (Wildman–Crippen MR) is 82.7 cm³/mol. The number of carbonyl (C=O) groups is 1. The normalized spacial score (nSPS) is 23.4. The van der Waals surface area contributed by atoms with Crippen molar-refractivity contribution in [2.24, 2.45) is 0 Å². The Morgan fingerprint density at radius 1 is 1.42 bits per heavy atom. The Morgan fingerprint density at radius 3 is 2.69 bits per heavy atom. The summed E-state index contributed by atoms with van der Waals surface area (Å²) in [5.74, 6) is -0.426. The molecule has 0 aliphatic carbocycles. The fourth-order valence-corrected chi connectivity index (χ4v) is 4.47. The largest absolute Gasteiger partial charge is 0.418 e. The van der Waals surface area contributed by atoms with Gasteiger partial charge in [0.05, 0.1) is 18.3 Å². The highest BCUT2D eigenvalue weighted by Gasteiger charge is 2.48. The molecule has 0 radical (unpaired) electrons. The second-order valence-electron chi connectivity index (χ2n) is 5.78. The van der Waals surface area contributed by atoms with E-state index in [1.807, 2.05) is 0 Å². The Bertz CT molecular complexity index is 955. The molecule has 3 rings (SSSR count). The Morgan fingerprint density at radius 2 is 2.12 bits per heavy atom. The second kappa shape index (κ2) is 6.19. The van der Waals surface area contributed by atoms with Crippen molar-refractivity contribution in [1.29, 1.82) is 5.41 Å². The van der Waals surface area contributed by atoms with Crippen LogP contribution in [-0.2, 0) is 24.7 Å². The average Bonchev–Trinajstić information content (AvgIpc) is 3.04. The van der Waals surface area contributed by atoms with Gasteiger partial charge in [0, 0.05) is 6.54 Å². The molecule has 3 heterocycles. The molecule has 15 heteroatoms. The van der Waals surface area contributed by atoms with Crippen LogP contribution in [0.4, 0.5) is 4.79 Å². The van der Waals surface area contributed by atoms with E-state index < -0.39 is 44.4 Å². The van der Waals surface area contributed by atoms with Crippen molar-refractivity contribution >= 4 is 32.3 Å². The van der Waals surface area contributed by atoms with E-state index in [1.54, 1.807) is 0 Å². The van der Waals surface area contributed by atoms with E-state index in [0.717, 1.165) is 11.1 Å². The molecule has 0 spiro atoms. The highest BCUT2D eigenvalue weighted by atomic mass is 32.3. The van der Waals surface area contributed by atoms with E-state index in [1.165, 1.54) is 6.92 Å². The summed E-state index contributed by atoms with van der Waals surface area (Å²) < 4.78 is 66.1. The smallest absolute Gasteiger partial charge is 0.360 e. The number of piperidine rings is 1. The fraction of sp³-hybridized carbons (Fsp3) is 0.545. The van der Waals surface area contributed by atoms with E-state index in [0.29, 0.717) is 5.06 Å². The molecule has 0 saturated carbocycles. The lowest BCUT2D eigenvalue weighted by Gasteiger charge is -2.30. The van der Waals surface area contributed by atoms with Crippen molar-refractivity contribution in [3.63, 3.8) is 0 Å². The number of amides is 2. The van der Waals surface area contributed by atoms with Crippen molar-refractivity contribution in [2.45, 2.75) is 36.7 Å². The monoisotopic (exact) mass is 409 g/mol. The minimum Gasteiger partial charge on any atom is -0.360 e. The number of rotatable bonds is 5. The number of nitrogens with zero attached hydrogens (tertiary/aromatic N) is 3. The van der Waals surface area contributed by atoms with Crippen molar-refractivity contribution in [2.75, 3.05) is 6.54 Å². The number of nitrogens with one attached hydrogen (secondary N) is 2. The van der Waals surface area contributed by atoms with Crippen LogP contribution in [0.5, 0.6) is 0 Å². The summed E-state index contributed by atoms with van der Waals surface area (Å²) in [4.78, 5) is 13.1. The summed E-state index contributed by atoms with van der Waals surface area (Å²) in [5, 5.41) is 11.9. The topological polar surface area (TPSA) is 183 Å². The number of carbonyl (C=O) groups excluding carboxylic acids is 1. The molecular weight excluding hydrogens is 394 g/mol. The summed E-state index contributed by atoms with van der Waals surface area (Å²) in [6, 6.07) is -2.45. The molecule has 13 nitrogen and oxygen atoms in total. The van der Waals surface area contributed by atoms with Gasteiger partial charge in [0.1, 0.15) is 10.7 Å². The third-order valence-electron chi connectivity index (χ3n) is 4.07. The van der Waals surface area contributed by atoms with Crippen molar-refractivity contribution in [1.82, 2.24) is 19.8 Å². The third-order valence-corrected chi connectivity index (χ3v) is 5.88. The first-order chi connectivity index (χ1) is 12.0. The lowest BCUT2D eigenvalue weighted by atomic mass is 10.0. The molecule has 2 saturated heterocycles. The molecular formula is C11H15N5O8S2. The first-order valence-electron chi connectivity index (χ1n) is 7.29. The highest BCUT2D eigenvalue weighted by molar-refractivity contribution is 7.90. The summed E-state index contributed by atoms with van der Waals surface area (Å²) in [5.41, 5.74) is 0. The van der Waals surface area contributed by atoms with E-state index in [9.17, 15) is 21.6 Å². The van der Waals surface area contributed by atoms with Gasteiger partial charge in [0.15, 0.2) is 5.76 Å². The molecule has 2 unspecified atom stereocenters. The molecule has 2 amide bonds. The van der Waals surface area contributed by atoms with Crippen LogP contribution in [0.15, 0.2) is 15.6 Å². The van der Waals surface area contributed by atoms with E-state index >= 15 is 0 Å². The number of amidine groups is 1. The van der Waals surface area contributed by atoms with Crippen LogP contribution >= 0.6 is 0 Å². The van der Waals surface area contributed by atoms with Crippen LogP contribution in [0.25, 0.3) is 0 Å². The van der Waals surface area contributed by atoms with E-state index in [2.05, 4.69) is 14.2 Å². The average molecular weight is 409 g/mol. The number of hydrogen-bond donors (Lipinski definition) is 3. The van der Waals surface area contributed by atoms with Crippen LogP contribution in [0, 0.1) is 12.3 Å². The number of aromatic nitrogens is 1. The molecule has 2 bridgehead atoms. The van der Waals surface area contributed by atoms with Crippen LogP contribution in [0.3, 0.4) is 0 Å². The van der Waals surface area contributed by atoms with Gasteiger partial charge in [-0.15, -0.1) is 4.28 Å². The second-order valence-corrected chi connectivity index (χ2v) is 8.43. The van der Waals surface area contributed by atoms with Crippen molar-refractivity contribution in [3.05, 3.63) is 12.0 Å². The number of hydrogen-bond acceptors (Lipinski definition) is 9. The Hall–Kier alpha value is -2.23. The highest BCUT2D eigenvalue weighted by Crippen LogP contribution is 2.31. The Labute approximate surface area is 148 Å². The molecule has 2 aliphatic rings.